The molecule has 0 amide bonds. The number of benzene rings is 1. The topological polar surface area (TPSA) is 42.1 Å². The number of rotatable bonds is 5. The van der Waals surface area contributed by atoms with Crippen LogP contribution in [0.15, 0.2) is 41.0 Å². The van der Waals surface area contributed by atoms with Crippen molar-refractivity contribution in [3.63, 3.8) is 0 Å². The number of hydrogen-bond donors (Lipinski definition) is 1. The highest BCUT2D eigenvalue weighted by atomic mass is 79.9. The largest absolute Gasteiger partial charge is 0.399 e. The fourth-order valence-electron chi connectivity index (χ4n) is 2.12. The Morgan fingerprint density at radius 1 is 1.20 bits per heavy atom. The second kappa shape index (κ2) is 6.75. The molecule has 4 heteroatoms. The highest BCUT2D eigenvalue weighted by Crippen LogP contribution is 2.28. The number of aromatic nitrogens is 1. The maximum atomic E-state index is 5.74. The van der Waals surface area contributed by atoms with Crippen LogP contribution in [0.25, 0.3) is 0 Å². The molecule has 0 saturated carbocycles. The molecule has 0 aliphatic rings. The van der Waals surface area contributed by atoms with Gasteiger partial charge in [-0.3, -0.25) is 0 Å². The average molecular weight is 334 g/mol. The molecule has 1 aromatic carbocycles. The molecule has 1 heterocycles. The van der Waals surface area contributed by atoms with Crippen molar-refractivity contribution in [2.24, 2.45) is 0 Å². The second-order valence-corrected chi connectivity index (χ2v) is 5.72. The van der Waals surface area contributed by atoms with Gasteiger partial charge in [0.25, 0.3) is 0 Å². The summed E-state index contributed by atoms with van der Waals surface area (Å²) in [5.74, 6) is 1.00. The molecule has 20 heavy (non-hydrogen) atoms. The molecule has 0 atom stereocenters. The van der Waals surface area contributed by atoms with Crippen LogP contribution in [0, 0.1) is 6.92 Å². The van der Waals surface area contributed by atoms with E-state index in [9.17, 15) is 0 Å². The summed E-state index contributed by atoms with van der Waals surface area (Å²) >= 11 is 3.65. The van der Waals surface area contributed by atoms with Gasteiger partial charge in [-0.05, 0) is 58.6 Å². The van der Waals surface area contributed by atoms with Crippen molar-refractivity contribution in [1.82, 2.24) is 4.98 Å². The summed E-state index contributed by atoms with van der Waals surface area (Å²) in [4.78, 5) is 6.82. The number of nitrogen functional groups attached to an aromatic ring is 1. The van der Waals surface area contributed by atoms with Gasteiger partial charge in [-0.2, -0.15) is 0 Å². The van der Waals surface area contributed by atoms with Crippen LogP contribution in [0.2, 0.25) is 0 Å². The van der Waals surface area contributed by atoms with Crippen LogP contribution in [0.1, 0.15) is 24.5 Å². The van der Waals surface area contributed by atoms with Crippen LogP contribution >= 0.6 is 15.9 Å². The standard InChI is InChI=1S/C16H20BrN3/c1-3-10-20(11-13-4-6-14(18)7-5-13)16-15(17)12(2)8-9-19-16/h4-9H,3,10-11,18H2,1-2H3. The van der Waals surface area contributed by atoms with Gasteiger partial charge in [0, 0.05) is 25.0 Å². The minimum atomic E-state index is 0.797. The summed E-state index contributed by atoms with van der Waals surface area (Å²) in [7, 11) is 0. The van der Waals surface area contributed by atoms with Crippen molar-refractivity contribution in [2.45, 2.75) is 26.8 Å². The SMILES string of the molecule is CCCN(Cc1ccc(N)cc1)c1nccc(C)c1Br. The summed E-state index contributed by atoms with van der Waals surface area (Å²) in [6.07, 6.45) is 2.94. The molecule has 0 unspecified atom stereocenters. The number of nitrogens with zero attached hydrogens (tertiary/aromatic N) is 2. The summed E-state index contributed by atoms with van der Waals surface area (Å²) < 4.78 is 1.07. The van der Waals surface area contributed by atoms with Gasteiger partial charge in [-0.15, -0.1) is 0 Å². The van der Waals surface area contributed by atoms with Crippen molar-refractivity contribution in [3.05, 3.63) is 52.1 Å². The van der Waals surface area contributed by atoms with Gasteiger partial charge in [-0.25, -0.2) is 4.98 Å². The van der Waals surface area contributed by atoms with E-state index in [2.05, 4.69) is 51.8 Å². The predicted molar refractivity (Wildman–Crippen MR) is 88.9 cm³/mol. The third-order valence-corrected chi connectivity index (χ3v) is 4.19. The molecular weight excluding hydrogens is 314 g/mol. The number of pyridine rings is 1. The zero-order valence-corrected chi connectivity index (χ0v) is 13.5. The van der Waals surface area contributed by atoms with E-state index >= 15 is 0 Å². The molecule has 0 saturated heterocycles. The number of anilines is 2. The van der Waals surface area contributed by atoms with Gasteiger partial charge in [0.2, 0.25) is 0 Å². The molecule has 0 aliphatic heterocycles. The van der Waals surface area contributed by atoms with Crippen molar-refractivity contribution in [3.8, 4) is 0 Å². The average Bonchev–Trinajstić information content (AvgIpc) is 2.44. The van der Waals surface area contributed by atoms with E-state index in [4.69, 9.17) is 5.73 Å². The Balaban J connectivity index is 2.26. The molecule has 106 valence electrons. The highest BCUT2D eigenvalue weighted by molar-refractivity contribution is 9.10. The summed E-state index contributed by atoms with van der Waals surface area (Å²) in [6.45, 7) is 6.07. The molecule has 0 spiro atoms. The molecule has 1 aromatic heterocycles. The quantitative estimate of drug-likeness (QED) is 0.835. The third-order valence-electron chi connectivity index (χ3n) is 3.21. The Hall–Kier alpha value is -1.55. The van der Waals surface area contributed by atoms with Crippen molar-refractivity contribution < 1.29 is 0 Å². The van der Waals surface area contributed by atoms with E-state index in [0.717, 1.165) is 35.5 Å². The Morgan fingerprint density at radius 2 is 1.90 bits per heavy atom. The first kappa shape index (κ1) is 14.9. The first-order valence-corrected chi connectivity index (χ1v) is 7.61. The Morgan fingerprint density at radius 3 is 2.55 bits per heavy atom. The Kier molecular flexibility index (Phi) is 5.01. The highest BCUT2D eigenvalue weighted by Gasteiger charge is 2.12. The number of aryl methyl sites for hydroxylation is 1. The molecule has 0 aliphatic carbocycles. The van der Waals surface area contributed by atoms with E-state index < -0.39 is 0 Å². The molecule has 2 N–H and O–H groups in total. The van der Waals surface area contributed by atoms with Crippen LogP contribution in [0.4, 0.5) is 11.5 Å². The molecular formula is C16H20BrN3. The minimum Gasteiger partial charge on any atom is -0.399 e. The number of halogens is 1. The van der Waals surface area contributed by atoms with E-state index in [1.807, 2.05) is 24.4 Å². The van der Waals surface area contributed by atoms with E-state index in [1.165, 1.54) is 11.1 Å². The summed E-state index contributed by atoms with van der Waals surface area (Å²) in [5.41, 5.74) is 8.98. The third kappa shape index (κ3) is 3.51. The lowest BCUT2D eigenvalue weighted by molar-refractivity contribution is 0.752. The fourth-order valence-corrected chi connectivity index (χ4v) is 2.60. The lowest BCUT2D eigenvalue weighted by atomic mass is 10.2. The Bertz CT molecular complexity index is 566. The first-order chi connectivity index (χ1) is 9.61. The summed E-state index contributed by atoms with van der Waals surface area (Å²) in [5, 5.41) is 0. The van der Waals surface area contributed by atoms with Crippen LogP contribution in [0.3, 0.4) is 0 Å². The van der Waals surface area contributed by atoms with Gasteiger partial charge < -0.3 is 10.6 Å². The number of nitrogens with two attached hydrogens (primary N) is 1. The van der Waals surface area contributed by atoms with Crippen molar-refractivity contribution in [2.75, 3.05) is 17.2 Å². The lowest BCUT2D eigenvalue weighted by Crippen LogP contribution is -2.25. The van der Waals surface area contributed by atoms with Crippen molar-refractivity contribution >= 4 is 27.4 Å². The molecule has 2 rings (SSSR count). The maximum Gasteiger partial charge on any atom is 0.143 e. The maximum absolute atomic E-state index is 5.74. The molecule has 0 fully saturated rings. The van der Waals surface area contributed by atoms with Gasteiger partial charge in [0.15, 0.2) is 0 Å². The van der Waals surface area contributed by atoms with Crippen LogP contribution in [-0.4, -0.2) is 11.5 Å². The zero-order valence-electron chi connectivity index (χ0n) is 11.9. The molecule has 0 bridgehead atoms. The molecule has 0 radical (unpaired) electrons. The van der Waals surface area contributed by atoms with E-state index in [1.54, 1.807) is 0 Å². The van der Waals surface area contributed by atoms with Crippen LogP contribution in [-0.2, 0) is 6.54 Å². The summed E-state index contributed by atoms with van der Waals surface area (Å²) in [6, 6.07) is 10.0. The monoisotopic (exact) mass is 333 g/mol. The minimum absolute atomic E-state index is 0.797. The fraction of sp³-hybridized carbons (Fsp3) is 0.312. The second-order valence-electron chi connectivity index (χ2n) is 4.93. The normalized spacial score (nSPS) is 10.6. The predicted octanol–water partition coefficient (Wildman–Crippen LogP) is 4.15. The van der Waals surface area contributed by atoms with E-state index in [-0.39, 0.29) is 0 Å². The van der Waals surface area contributed by atoms with E-state index in [0.29, 0.717) is 0 Å². The molecule has 2 aromatic rings. The molecule has 3 nitrogen and oxygen atoms in total. The van der Waals surface area contributed by atoms with Crippen LogP contribution in [0.5, 0.6) is 0 Å². The van der Waals surface area contributed by atoms with Gasteiger partial charge in [0.1, 0.15) is 5.82 Å². The van der Waals surface area contributed by atoms with Crippen molar-refractivity contribution in [1.29, 1.82) is 0 Å². The van der Waals surface area contributed by atoms with Gasteiger partial charge >= 0.3 is 0 Å². The smallest absolute Gasteiger partial charge is 0.143 e. The lowest BCUT2D eigenvalue weighted by Gasteiger charge is -2.25. The van der Waals surface area contributed by atoms with Gasteiger partial charge in [0.05, 0.1) is 4.47 Å². The zero-order chi connectivity index (χ0) is 14.5. The van der Waals surface area contributed by atoms with Crippen LogP contribution < -0.4 is 10.6 Å². The number of hydrogen-bond acceptors (Lipinski definition) is 3. The Labute approximate surface area is 129 Å². The first-order valence-electron chi connectivity index (χ1n) is 6.82. The van der Waals surface area contributed by atoms with Gasteiger partial charge in [-0.1, -0.05) is 19.1 Å².